The highest BCUT2D eigenvalue weighted by Gasteiger charge is 2.15. The zero-order valence-corrected chi connectivity index (χ0v) is 9.33. The fourth-order valence-electron chi connectivity index (χ4n) is 2.13. The van der Waals surface area contributed by atoms with Crippen LogP contribution in [-0.2, 0) is 0 Å². The smallest absolute Gasteiger partial charge is 0.125 e. The van der Waals surface area contributed by atoms with Crippen LogP contribution >= 0.6 is 0 Å². The van der Waals surface area contributed by atoms with E-state index in [4.69, 9.17) is 10.2 Å². The Morgan fingerprint density at radius 2 is 2.13 bits per heavy atom. The summed E-state index contributed by atoms with van der Waals surface area (Å²) in [6, 6.07) is 3.94. The molecule has 15 heavy (non-hydrogen) atoms. The van der Waals surface area contributed by atoms with Crippen LogP contribution in [0.5, 0.6) is 0 Å². The van der Waals surface area contributed by atoms with E-state index >= 15 is 0 Å². The van der Waals surface area contributed by atoms with Crippen molar-refractivity contribution in [3.05, 3.63) is 35.3 Å². The molecule has 0 saturated carbocycles. The molecule has 2 nitrogen and oxygen atoms in total. The van der Waals surface area contributed by atoms with Gasteiger partial charge in [-0.3, -0.25) is 0 Å². The summed E-state index contributed by atoms with van der Waals surface area (Å²) in [5.41, 5.74) is 7.54. The number of allylic oxidation sites excluding steroid dienone is 1. The largest absolute Gasteiger partial charge is 0.464 e. The third-order valence-electron chi connectivity index (χ3n) is 3.04. The number of rotatable bonds is 2. The third-order valence-corrected chi connectivity index (χ3v) is 3.04. The first kappa shape index (κ1) is 10.5. The van der Waals surface area contributed by atoms with E-state index in [2.05, 4.69) is 6.08 Å². The molecule has 1 aromatic rings. The van der Waals surface area contributed by atoms with Gasteiger partial charge in [0.2, 0.25) is 0 Å². The second kappa shape index (κ2) is 4.67. The van der Waals surface area contributed by atoms with Crippen molar-refractivity contribution >= 4 is 0 Å². The molecule has 0 bridgehead atoms. The van der Waals surface area contributed by atoms with Crippen molar-refractivity contribution in [2.75, 3.05) is 0 Å². The number of aryl methyl sites for hydroxylation is 1. The molecule has 1 aromatic heterocycles. The maximum absolute atomic E-state index is 6.19. The Labute approximate surface area is 91.2 Å². The SMILES string of the molecule is Cc1ccc(C(N)C2=CCCCCC2)o1. The average Bonchev–Trinajstić information content (AvgIpc) is 2.53. The molecule has 2 rings (SSSR count). The minimum atomic E-state index is -0.0307. The van der Waals surface area contributed by atoms with Crippen LogP contribution < -0.4 is 5.73 Å². The van der Waals surface area contributed by atoms with E-state index in [0.29, 0.717) is 0 Å². The fourth-order valence-corrected chi connectivity index (χ4v) is 2.13. The zero-order chi connectivity index (χ0) is 10.7. The monoisotopic (exact) mass is 205 g/mol. The van der Waals surface area contributed by atoms with Gasteiger partial charge >= 0.3 is 0 Å². The first-order chi connectivity index (χ1) is 7.27. The van der Waals surface area contributed by atoms with E-state index in [1.165, 1.54) is 31.3 Å². The lowest BCUT2D eigenvalue weighted by molar-refractivity contribution is 0.460. The standard InChI is InChI=1S/C13H19NO/c1-10-8-9-12(15-10)13(14)11-6-4-2-3-5-7-11/h6,8-9,13H,2-5,7,14H2,1H3. The van der Waals surface area contributed by atoms with Crippen molar-refractivity contribution in [1.82, 2.24) is 0 Å². The summed E-state index contributed by atoms with van der Waals surface area (Å²) >= 11 is 0. The molecule has 1 aliphatic rings. The molecule has 82 valence electrons. The zero-order valence-electron chi connectivity index (χ0n) is 9.33. The predicted octanol–water partition coefficient (Wildman–Crippen LogP) is 3.48. The van der Waals surface area contributed by atoms with Crippen LogP contribution in [0.2, 0.25) is 0 Å². The molecule has 0 amide bonds. The van der Waals surface area contributed by atoms with Gasteiger partial charge in [-0.05, 0) is 50.3 Å². The second-order valence-corrected chi connectivity index (χ2v) is 4.30. The summed E-state index contributed by atoms with van der Waals surface area (Å²) < 4.78 is 5.57. The molecule has 1 unspecified atom stereocenters. The first-order valence-electron chi connectivity index (χ1n) is 5.78. The maximum Gasteiger partial charge on any atom is 0.125 e. The normalized spacial score (nSPS) is 19.5. The van der Waals surface area contributed by atoms with Gasteiger partial charge in [-0.25, -0.2) is 0 Å². The summed E-state index contributed by atoms with van der Waals surface area (Å²) in [5.74, 6) is 1.84. The Morgan fingerprint density at radius 1 is 1.27 bits per heavy atom. The summed E-state index contributed by atoms with van der Waals surface area (Å²) in [6.07, 6.45) is 8.48. The lowest BCUT2D eigenvalue weighted by atomic mass is 10.0. The minimum absolute atomic E-state index is 0.0307. The Morgan fingerprint density at radius 3 is 2.87 bits per heavy atom. The van der Waals surface area contributed by atoms with Crippen molar-refractivity contribution in [3.63, 3.8) is 0 Å². The molecule has 1 aliphatic carbocycles. The van der Waals surface area contributed by atoms with Gasteiger partial charge in [0, 0.05) is 0 Å². The lowest BCUT2D eigenvalue weighted by Gasteiger charge is -2.12. The Kier molecular flexibility index (Phi) is 3.27. The van der Waals surface area contributed by atoms with Crippen molar-refractivity contribution in [2.24, 2.45) is 5.73 Å². The molecule has 2 heteroatoms. The van der Waals surface area contributed by atoms with Gasteiger partial charge in [0.05, 0.1) is 6.04 Å². The Bertz CT molecular complexity index is 351. The summed E-state index contributed by atoms with van der Waals surface area (Å²) in [6.45, 7) is 1.96. The number of nitrogens with two attached hydrogens (primary N) is 1. The van der Waals surface area contributed by atoms with Gasteiger partial charge in [0.1, 0.15) is 11.5 Å². The van der Waals surface area contributed by atoms with Crippen LogP contribution in [0.25, 0.3) is 0 Å². The van der Waals surface area contributed by atoms with Gasteiger partial charge < -0.3 is 10.2 Å². The molecule has 0 saturated heterocycles. The molecule has 1 heterocycles. The molecule has 0 aromatic carbocycles. The highest BCUT2D eigenvalue weighted by atomic mass is 16.3. The quantitative estimate of drug-likeness (QED) is 0.751. The number of hydrogen-bond acceptors (Lipinski definition) is 2. The molecule has 0 aliphatic heterocycles. The molecule has 1 atom stereocenters. The van der Waals surface area contributed by atoms with E-state index in [0.717, 1.165) is 17.9 Å². The topological polar surface area (TPSA) is 39.2 Å². The van der Waals surface area contributed by atoms with Crippen LogP contribution in [0.3, 0.4) is 0 Å². The maximum atomic E-state index is 6.19. The van der Waals surface area contributed by atoms with Gasteiger partial charge in [-0.2, -0.15) is 0 Å². The van der Waals surface area contributed by atoms with E-state index in [1.807, 2.05) is 19.1 Å². The Balaban J connectivity index is 2.12. The average molecular weight is 205 g/mol. The predicted molar refractivity (Wildman–Crippen MR) is 61.5 cm³/mol. The highest BCUT2D eigenvalue weighted by Crippen LogP contribution is 2.28. The van der Waals surface area contributed by atoms with Crippen molar-refractivity contribution < 1.29 is 4.42 Å². The lowest BCUT2D eigenvalue weighted by Crippen LogP contribution is -2.12. The van der Waals surface area contributed by atoms with E-state index < -0.39 is 0 Å². The van der Waals surface area contributed by atoms with Crippen molar-refractivity contribution in [2.45, 2.75) is 45.1 Å². The third kappa shape index (κ3) is 2.51. The van der Waals surface area contributed by atoms with Gasteiger partial charge in [0.15, 0.2) is 0 Å². The van der Waals surface area contributed by atoms with Crippen molar-refractivity contribution in [1.29, 1.82) is 0 Å². The van der Waals surface area contributed by atoms with Crippen LogP contribution in [0.4, 0.5) is 0 Å². The van der Waals surface area contributed by atoms with E-state index in [9.17, 15) is 0 Å². The number of hydrogen-bond donors (Lipinski definition) is 1. The minimum Gasteiger partial charge on any atom is -0.464 e. The summed E-state index contributed by atoms with van der Waals surface area (Å²) in [4.78, 5) is 0. The van der Waals surface area contributed by atoms with Crippen LogP contribution in [0.1, 0.15) is 49.7 Å². The Hall–Kier alpha value is -1.02. The molecular formula is C13H19NO. The van der Waals surface area contributed by atoms with Crippen molar-refractivity contribution in [3.8, 4) is 0 Å². The second-order valence-electron chi connectivity index (χ2n) is 4.30. The van der Waals surface area contributed by atoms with Gasteiger partial charge in [0.25, 0.3) is 0 Å². The van der Waals surface area contributed by atoms with Gasteiger partial charge in [-0.15, -0.1) is 0 Å². The van der Waals surface area contributed by atoms with Crippen LogP contribution in [-0.4, -0.2) is 0 Å². The highest BCUT2D eigenvalue weighted by molar-refractivity contribution is 5.21. The molecule has 0 fully saturated rings. The summed E-state index contributed by atoms with van der Waals surface area (Å²) in [5, 5.41) is 0. The molecular weight excluding hydrogens is 186 g/mol. The molecule has 0 spiro atoms. The first-order valence-corrected chi connectivity index (χ1v) is 5.78. The molecule has 0 radical (unpaired) electrons. The van der Waals surface area contributed by atoms with E-state index in [1.54, 1.807) is 0 Å². The van der Waals surface area contributed by atoms with E-state index in [-0.39, 0.29) is 6.04 Å². The molecule has 2 N–H and O–H groups in total. The number of furan rings is 1. The fraction of sp³-hybridized carbons (Fsp3) is 0.538. The van der Waals surface area contributed by atoms with Crippen LogP contribution in [0.15, 0.2) is 28.2 Å². The summed E-state index contributed by atoms with van der Waals surface area (Å²) in [7, 11) is 0. The van der Waals surface area contributed by atoms with Crippen LogP contribution in [0, 0.1) is 6.92 Å². The van der Waals surface area contributed by atoms with Gasteiger partial charge in [-0.1, -0.05) is 12.5 Å².